The average molecular weight is 287 g/mol. The minimum Gasteiger partial charge on any atom is -0.459 e. The van der Waals surface area contributed by atoms with Crippen LogP contribution in [-0.4, -0.2) is 6.54 Å². The van der Waals surface area contributed by atoms with Crippen LogP contribution in [0.3, 0.4) is 0 Å². The second-order valence-electron chi connectivity index (χ2n) is 6.52. The minimum absolute atomic E-state index is 0.344. The van der Waals surface area contributed by atoms with Gasteiger partial charge < -0.3 is 9.73 Å². The van der Waals surface area contributed by atoms with Gasteiger partial charge in [-0.05, 0) is 50.4 Å². The van der Waals surface area contributed by atoms with Crippen molar-refractivity contribution in [3.8, 4) is 0 Å². The highest BCUT2D eigenvalue weighted by molar-refractivity contribution is 5.78. The summed E-state index contributed by atoms with van der Waals surface area (Å²) in [4.78, 5) is 0. The highest BCUT2D eigenvalue weighted by Crippen LogP contribution is 2.28. The molecule has 0 amide bonds. The maximum atomic E-state index is 6.08. The Kier molecular flexibility index (Phi) is 5.86. The maximum absolute atomic E-state index is 6.08. The van der Waals surface area contributed by atoms with E-state index in [1.165, 1.54) is 23.8 Å². The van der Waals surface area contributed by atoms with Crippen LogP contribution in [0.15, 0.2) is 28.7 Å². The number of furan rings is 1. The number of hydrogen-bond donors (Lipinski definition) is 1. The Bertz CT molecular complexity index is 556. The SMILES string of the molecule is CCCNC(CCCC(C)C)c1cc2cc(C)ccc2o1. The summed E-state index contributed by atoms with van der Waals surface area (Å²) in [5, 5.41) is 4.86. The van der Waals surface area contributed by atoms with Gasteiger partial charge in [0.25, 0.3) is 0 Å². The largest absolute Gasteiger partial charge is 0.459 e. The standard InChI is InChI=1S/C19H29NO/c1-5-11-20-17(8-6-7-14(2)3)19-13-16-12-15(4)9-10-18(16)21-19/h9-10,12-14,17,20H,5-8,11H2,1-4H3. The molecule has 2 aromatic rings. The lowest BCUT2D eigenvalue weighted by Crippen LogP contribution is -2.21. The predicted molar refractivity (Wildman–Crippen MR) is 90.7 cm³/mol. The lowest BCUT2D eigenvalue weighted by molar-refractivity contribution is 0.388. The van der Waals surface area contributed by atoms with E-state index in [1.54, 1.807) is 0 Å². The predicted octanol–water partition coefficient (Wildman–Crippen LogP) is 5.61. The first-order chi connectivity index (χ1) is 10.1. The second kappa shape index (κ2) is 7.65. The summed E-state index contributed by atoms with van der Waals surface area (Å²) in [7, 11) is 0. The van der Waals surface area contributed by atoms with Crippen molar-refractivity contribution in [3.63, 3.8) is 0 Å². The van der Waals surface area contributed by atoms with E-state index in [0.717, 1.165) is 36.6 Å². The quantitative estimate of drug-likeness (QED) is 0.682. The van der Waals surface area contributed by atoms with Crippen molar-refractivity contribution in [2.45, 2.75) is 59.4 Å². The Morgan fingerprint density at radius 1 is 1.14 bits per heavy atom. The van der Waals surface area contributed by atoms with Gasteiger partial charge in [0.1, 0.15) is 11.3 Å². The zero-order chi connectivity index (χ0) is 15.2. The fraction of sp³-hybridized carbons (Fsp3) is 0.579. The highest BCUT2D eigenvalue weighted by Gasteiger charge is 2.15. The Morgan fingerprint density at radius 3 is 2.67 bits per heavy atom. The van der Waals surface area contributed by atoms with E-state index >= 15 is 0 Å². The topological polar surface area (TPSA) is 25.2 Å². The second-order valence-corrected chi connectivity index (χ2v) is 6.52. The molecule has 0 spiro atoms. The lowest BCUT2D eigenvalue weighted by Gasteiger charge is -2.16. The van der Waals surface area contributed by atoms with Crippen molar-refractivity contribution in [2.75, 3.05) is 6.54 Å². The molecule has 0 bridgehead atoms. The molecule has 2 rings (SSSR count). The van der Waals surface area contributed by atoms with Crippen LogP contribution in [0.5, 0.6) is 0 Å². The van der Waals surface area contributed by atoms with Crippen molar-refractivity contribution in [1.29, 1.82) is 0 Å². The first kappa shape index (κ1) is 16.1. The molecule has 0 saturated heterocycles. The highest BCUT2D eigenvalue weighted by atomic mass is 16.3. The van der Waals surface area contributed by atoms with Gasteiger partial charge in [0.05, 0.1) is 6.04 Å². The summed E-state index contributed by atoms with van der Waals surface area (Å²) >= 11 is 0. The maximum Gasteiger partial charge on any atom is 0.134 e. The molecule has 21 heavy (non-hydrogen) atoms. The van der Waals surface area contributed by atoms with Gasteiger partial charge in [0, 0.05) is 5.39 Å². The molecule has 0 aliphatic carbocycles. The number of hydrogen-bond acceptors (Lipinski definition) is 2. The number of fused-ring (bicyclic) bond motifs is 1. The Balaban J connectivity index is 2.12. The van der Waals surface area contributed by atoms with Crippen LogP contribution in [0.1, 0.15) is 63.8 Å². The van der Waals surface area contributed by atoms with E-state index in [0.29, 0.717) is 6.04 Å². The van der Waals surface area contributed by atoms with Crippen LogP contribution in [0.25, 0.3) is 11.0 Å². The van der Waals surface area contributed by atoms with Crippen molar-refractivity contribution in [2.24, 2.45) is 5.92 Å². The van der Waals surface area contributed by atoms with Gasteiger partial charge in [-0.1, -0.05) is 45.2 Å². The van der Waals surface area contributed by atoms with Crippen LogP contribution < -0.4 is 5.32 Å². The van der Waals surface area contributed by atoms with E-state index in [4.69, 9.17) is 4.42 Å². The monoisotopic (exact) mass is 287 g/mol. The first-order valence-electron chi connectivity index (χ1n) is 8.33. The number of nitrogens with one attached hydrogen (secondary N) is 1. The van der Waals surface area contributed by atoms with Gasteiger partial charge in [-0.25, -0.2) is 0 Å². The molecule has 1 atom stereocenters. The minimum atomic E-state index is 0.344. The van der Waals surface area contributed by atoms with Gasteiger partial charge in [-0.2, -0.15) is 0 Å². The van der Waals surface area contributed by atoms with Crippen LogP contribution >= 0.6 is 0 Å². The van der Waals surface area contributed by atoms with Crippen LogP contribution in [0.4, 0.5) is 0 Å². The van der Waals surface area contributed by atoms with Gasteiger partial charge in [0.2, 0.25) is 0 Å². The molecule has 116 valence electrons. The third kappa shape index (κ3) is 4.60. The smallest absolute Gasteiger partial charge is 0.134 e. The number of benzene rings is 1. The molecule has 1 heterocycles. The Morgan fingerprint density at radius 2 is 1.95 bits per heavy atom. The molecular weight excluding hydrogens is 258 g/mol. The van der Waals surface area contributed by atoms with Crippen molar-refractivity contribution >= 4 is 11.0 Å². The van der Waals surface area contributed by atoms with Gasteiger partial charge in [0.15, 0.2) is 0 Å². The Hall–Kier alpha value is -1.28. The van der Waals surface area contributed by atoms with Gasteiger partial charge >= 0.3 is 0 Å². The molecule has 1 unspecified atom stereocenters. The summed E-state index contributed by atoms with van der Waals surface area (Å²) in [6, 6.07) is 8.96. The molecule has 0 saturated carbocycles. The molecule has 1 aromatic heterocycles. The van der Waals surface area contributed by atoms with E-state index in [-0.39, 0.29) is 0 Å². The third-order valence-corrected chi connectivity index (χ3v) is 3.95. The van der Waals surface area contributed by atoms with Gasteiger partial charge in [-0.3, -0.25) is 0 Å². The molecule has 1 N–H and O–H groups in total. The molecule has 0 aliphatic heterocycles. The fourth-order valence-electron chi connectivity index (χ4n) is 2.75. The third-order valence-electron chi connectivity index (χ3n) is 3.95. The number of rotatable bonds is 8. The number of aryl methyl sites for hydroxylation is 1. The first-order valence-corrected chi connectivity index (χ1v) is 8.33. The van der Waals surface area contributed by atoms with E-state index in [1.807, 2.05) is 0 Å². The van der Waals surface area contributed by atoms with Crippen molar-refractivity contribution in [3.05, 3.63) is 35.6 Å². The van der Waals surface area contributed by atoms with Crippen LogP contribution in [0.2, 0.25) is 0 Å². The molecule has 2 nitrogen and oxygen atoms in total. The summed E-state index contributed by atoms with van der Waals surface area (Å²) in [5.74, 6) is 1.86. The molecule has 1 aromatic carbocycles. The van der Waals surface area contributed by atoms with Crippen LogP contribution in [0, 0.1) is 12.8 Å². The summed E-state index contributed by atoms with van der Waals surface area (Å²) in [5.41, 5.74) is 2.29. The molecular formula is C19H29NO. The zero-order valence-corrected chi connectivity index (χ0v) is 13.9. The van der Waals surface area contributed by atoms with Gasteiger partial charge in [-0.15, -0.1) is 0 Å². The summed E-state index contributed by atoms with van der Waals surface area (Å²) in [6.45, 7) is 9.96. The van der Waals surface area contributed by atoms with Crippen LogP contribution in [-0.2, 0) is 0 Å². The van der Waals surface area contributed by atoms with E-state index in [9.17, 15) is 0 Å². The molecule has 0 aliphatic rings. The lowest BCUT2D eigenvalue weighted by atomic mass is 10.0. The molecule has 2 heteroatoms. The summed E-state index contributed by atoms with van der Waals surface area (Å²) in [6.07, 6.45) is 4.83. The zero-order valence-electron chi connectivity index (χ0n) is 13.9. The molecule has 0 fully saturated rings. The average Bonchev–Trinajstić information content (AvgIpc) is 2.84. The fourth-order valence-corrected chi connectivity index (χ4v) is 2.75. The van der Waals surface area contributed by atoms with Crippen molar-refractivity contribution < 1.29 is 4.42 Å². The Labute approximate surface area is 128 Å². The normalized spacial score (nSPS) is 13.2. The van der Waals surface area contributed by atoms with E-state index < -0.39 is 0 Å². The van der Waals surface area contributed by atoms with E-state index in [2.05, 4.69) is 57.3 Å². The van der Waals surface area contributed by atoms with Crippen molar-refractivity contribution in [1.82, 2.24) is 5.32 Å². The molecule has 0 radical (unpaired) electrons. The summed E-state index contributed by atoms with van der Waals surface area (Å²) < 4.78 is 6.08.